The van der Waals surface area contributed by atoms with Crippen molar-refractivity contribution in [2.24, 2.45) is 4.99 Å². The van der Waals surface area contributed by atoms with Crippen molar-refractivity contribution in [3.05, 3.63) is 42.1 Å². The maximum absolute atomic E-state index is 4.05. The topological polar surface area (TPSA) is 12.4 Å². The van der Waals surface area contributed by atoms with Gasteiger partial charge < -0.3 is 0 Å². The zero-order chi connectivity index (χ0) is 7.52. The minimum Gasteiger partial charge on any atom is -0.268 e. The summed E-state index contributed by atoms with van der Waals surface area (Å²) in [6, 6.07) is 10.4. The molecule has 0 atom stereocenters. The van der Waals surface area contributed by atoms with Crippen LogP contribution in [0, 0.1) is 0 Å². The summed E-state index contributed by atoms with van der Waals surface area (Å²) in [7, 11) is 0. The second kappa shape index (κ2) is 2.70. The van der Waals surface area contributed by atoms with Crippen molar-refractivity contribution in [2.45, 2.75) is 6.42 Å². The monoisotopic (exact) mass is 143 g/mol. The minimum absolute atomic E-state index is 0.976. The lowest BCUT2D eigenvalue weighted by molar-refractivity contribution is 1.52. The van der Waals surface area contributed by atoms with Crippen molar-refractivity contribution >= 4 is 11.8 Å². The molecule has 0 aromatic heterocycles. The van der Waals surface area contributed by atoms with Crippen LogP contribution in [0.4, 0.5) is 0 Å². The number of benzene rings is 1. The van der Waals surface area contributed by atoms with Crippen LogP contribution in [-0.2, 0) is 0 Å². The van der Waals surface area contributed by atoms with E-state index in [4.69, 9.17) is 0 Å². The molecular formula is C10H9N. The molecule has 1 aliphatic rings. The van der Waals surface area contributed by atoms with Gasteiger partial charge >= 0.3 is 0 Å². The molecule has 1 aromatic carbocycles. The molecular weight excluding hydrogens is 134 g/mol. The van der Waals surface area contributed by atoms with E-state index in [1.54, 1.807) is 0 Å². The highest BCUT2D eigenvalue weighted by Gasteiger charge is 2.01. The number of allylic oxidation sites excluding steroid dienone is 1. The van der Waals surface area contributed by atoms with Crippen LogP contribution in [0.5, 0.6) is 0 Å². The average Bonchev–Trinajstić information content (AvgIpc) is 2.58. The molecule has 0 unspecified atom stereocenters. The van der Waals surface area contributed by atoms with Crippen molar-refractivity contribution in [1.82, 2.24) is 0 Å². The Morgan fingerprint density at radius 3 is 2.55 bits per heavy atom. The SMILES string of the molecule is C1=NC=C(c2ccccc2)C1. The van der Waals surface area contributed by atoms with E-state index in [-0.39, 0.29) is 0 Å². The Morgan fingerprint density at radius 2 is 1.91 bits per heavy atom. The fraction of sp³-hybridized carbons (Fsp3) is 0.100. The molecule has 0 radical (unpaired) electrons. The first-order valence-electron chi connectivity index (χ1n) is 3.73. The van der Waals surface area contributed by atoms with Crippen molar-refractivity contribution in [3.63, 3.8) is 0 Å². The van der Waals surface area contributed by atoms with Gasteiger partial charge in [0.2, 0.25) is 0 Å². The smallest absolute Gasteiger partial charge is 0.0305 e. The molecule has 11 heavy (non-hydrogen) atoms. The van der Waals surface area contributed by atoms with Gasteiger partial charge in [0.05, 0.1) is 0 Å². The van der Waals surface area contributed by atoms with Crippen LogP contribution < -0.4 is 0 Å². The lowest BCUT2D eigenvalue weighted by atomic mass is 10.1. The maximum atomic E-state index is 4.05. The Labute approximate surface area is 66.1 Å². The highest BCUT2D eigenvalue weighted by atomic mass is 14.7. The van der Waals surface area contributed by atoms with Crippen LogP contribution >= 0.6 is 0 Å². The molecule has 0 saturated carbocycles. The lowest BCUT2D eigenvalue weighted by Gasteiger charge is -1.97. The molecule has 0 N–H and O–H groups in total. The number of nitrogens with zero attached hydrogens (tertiary/aromatic N) is 1. The van der Waals surface area contributed by atoms with Gasteiger partial charge in [0.15, 0.2) is 0 Å². The minimum atomic E-state index is 0.976. The van der Waals surface area contributed by atoms with Crippen molar-refractivity contribution < 1.29 is 0 Å². The Bertz CT molecular complexity index is 296. The molecule has 54 valence electrons. The molecule has 2 rings (SSSR count). The summed E-state index contributed by atoms with van der Waals surface area (Å²) < 4.78 is 0. The number of aliphatic imine (C=N–C) groups is 1. The molecule has 1 aliphatic heterocycles. The second-order valence-corrected chi connectivity index (χ2v) is 2.56. The fourth-order valence-corrected chi connectivity index (χ4v) is 1.19. The van der Waals surface area contributed by atoms with Gasteiger partial charge in [0.1, 0.15) is 0 Å². The van der Waals surface area contributed by atoms with Crippen LogP contribution in [0.3, 0.4) is 0 Å². The van der Waals surface area contributed by atoms with Crippen LogP contribution in [0.1, 0.15) is 12.0 Å². The first-order valence-corrected chi connectivity index (χ1v) is 3.73. The van der Waals surface area contributed by atoms with E-state index in [0.29, 0.717) is 0 Å². The zero-order valence-corrected chi connectivity index (χ0v) is 6.20. The summed E-state index contributed by atoms with van der Waals surface area (Å²) in [5, 5.41) is 0. The van der Waals surface area contributed by atoms with Gasteiger partial charge in [-0.25, -0.2) is 0 Å². The van der Waals surface area contributed by atoms with E-state index >= 15 is 0 Å². The van der Waals surface area contributed by atoms with Crippen LogP contribution in [0.25, 0.3) is 5.57 Å². The number of hydrogen-bond donors (Lipinski definition) is 0. The van der Waals surface area contributed by atoms with Gasteiger partial charge in [-0.1, -0.05) is 30.3 Å². The summed E-state index contributed by atoms with van der Waals surface area (Å²) >= 11 is 0. The second-order valence-electron chi connectivity index (χ2n) is 2.56. The lowest BCUT2D eigenvalue weighted by Crippen LogP contribution is -1.79. The summed E-state index contributed by atoms with van der Waals surface area (Å²) in [6.45, 7) is 0. The number of hydrogen-bond acceptors (Lipinski definition) is 1. The molecule has 0 aliphatic carbocycles. The van der Waals surface area contributed by atoms with Crippen LogP contribution in [-0.4, -0.2) is 6.21 Å². The number of rotatable bonds is 1. The quantitative estimate of drug-likeness (QED) is 0.572. The van der Waals surface area contributed by atoms with E-state index in [2.05, 4.69) is 29.3 Å². The first-order chi connectivity index (χ1) is 5.47. The van der Waals surface area contributed by atoms with Crippen molar-refractivity contribution in [1.29, 1.82) is 0 Å². The molecule has 1 heteroatoms. The van der Waals surface area contributed by atoms with Crippen molar-refractivity contribution in [3.8, 4) is 0 Å². The third-order valence-corrected chi connectivity index (χ3v) is 1.79. The predicted molar refractivity (Wildman–Crippen MR) is 47.5 cm³/mol. The largest absolute Gasteiger partial charge is 0.268 e. The Balaban J connectivity index is 2.31. The molecule has 0 bridgehead atoms. The van der Waals surface area contributed by atoms with Gasteiger partial charge in [-0.15, -0.1) is 0 Å². The Kier molecular flexibility index (Phi) is 1.56. The van der Waals surface area contributed by atoms with Crippen LogP contribution in [0.2, 0.25) is 0 Å². The van der Waals surface area contributed by atoms with Gasteiger partial charge in [0, 0.05) is 18.8 Å². The van der Waals surface area contributed by atoms with Gasteiger partial charge in [0.25, 0.3) is 0 Å². The van der Waals surface area contributed by atoms with E-state index in [9.17, 15) is 0 Å². The summed E-state index contributed by atoms with van der Waals surface area (Å²) in [6.07, 6.45) is 4.83. The van der Waals surface area contributed by atoms with E-state index in [0.717, 1.165) is 6.42 Å². The van der Waals surface area contributed by atoms with E-state index in [1.807, 2.05) is 18.5 Å². The van der Waals surface area contributed by atoms with Crippen LogP contribution in [0.15, 0.2) is 41.5 Å². The molecule has 1 aromatic rings. The zero-order valence-electron chi connectivity index (χ0n) is 6.20. The summed E-state index contributed by atoms with van der Waals surface area (Å²) in [5.41, 5.74) is 2.59. The molecule has 0 amide bonds. The Hall–Kier alpha value is -1.37. The van der Waals surface area contributed by atoms with Gasteiger partial charge in [-0.05, 0) is 11.1 Å². The normalized spacial score (nSPS) is 15.1. The average molecular weight is 143 g/mol. The molecule has 0 saturated heterocycles. The summed E-state index contributed by atoms with van der Waals surface area (Å²) in [5.74, 6) is 0. The third kappa shape index (κ3) is 1.22. The molecule has 1 nitrogen and oxygen atoms in total. The molecule has 0 fully saturated rings. The third-order valence-electron chi connectivity index (χ3n) is 1.79. The predicted octanol–water partition coefficient (Wildman–Crippen LogP) is 2.50. The highest BCUT2D eigenvalue weighted by molar-refractivity contribution is 5.84. The van der Waals surface area contributed by atoms with E-state index < -0.39 is 0 Å². The fourth-order valence-electron chi connectivity index (χ4n) is 1.19. The van der Waals surface area contributed by atoms with Gasteiger partial charge in [-0.2, -0.15) is 0 Å². The Morgan fingerprint density at radius 1 is 1.09 bits per heavy atom. The van der Waals surface area contributed by atoms with Gasteiger partial charge in [-0.3, -0.25) is 4.99 Å². The summed E-state index contributed by atoms with van der Waals surface area (Å²) in [4.78, 5) is 4.05. The maximum Gasteiger partial charge on any atom is 0.0305 e. The molecule has 1 heterocycles. The first kappa shape index (κ1) is 6.35. The highest BCUT2D eigenvalue weighted by Crippen LogP contribution is 2.19. The standard InChI is InChI=1S/C10H9N/c1-2-4-9(5-3-1)10-6-7-11-8-10/h1-5,7-8H,6H2. The van der Waals surface area contributed by atoms with E-state index in [1.165, 1.54) is 11.1 Å². The van der Waals surface area contributed by atoms with Crippen molar-refractivity contribution in [2.75, 3.05) is 0 Å². The molecule has 0 spiro atoms.